The average molecular weight is 374 g/mol. The quantitative estimate of drug-likeness (QED) is 0.763. The Morgan fingerprint density at radius 1 is 0.714 bits per heavy atom. The molecular formula is C24H26N2O2. The highest BCUT2D eigenvalue weighted by Gasteiger charge is 2.32. The van der Waals surface area contributed by atoms with Crippen LogP contribution in [0.5, 0.6) is 0 Å². The van der Waals surface area contributed by atoms with Crippen molar-refractivity contribution in [1.29, 1.82) is 0 Å². The lowest BCUT2D eigenvalue weighted by Gasteiger charge is -2.43. The number of hydrogen-bond donors (Lipinski definition) is 0. The zero-order chi connectivity index (χ0) is 19.9. The van der Waals surface area contributed by atoms with Gasteiger partial charge in [-0.3, -0.25) is 9.59 Å². The van der Waals surface area contributed by atoms with Gasteiger partial charge in [0.2, 0.25) is 11.8 Å². The van der Waals surface area contributed by atoms with Crippen LogP contribution < -0.4 is 0 Å². The first-order valence-corrected chi connectivity index (χ1v) is 9.62. The van der Waals surface area contributed by atoms with Crippen molar-refractivity contribution in [3.63, 3.8) is 0 Å². The van der Waals surface area contributed by atoms with E-state index in [0.717, 1.165) is 11.1 Å². The fraction of sp³-hybridized carbons (Fsp3) is 0.250. The van der Waals surface area contributed by atoms with E-state index >= 15 is 0 Å². The molecule has 3 rings (SSSR count). The number of amides is 2. The molecule has 2 atom stereocenters. The van der Waals surface area contributed by atoms with Crippen molar-refractivity contribution in [2.45, 2.75) is 25.9 Å². The fourth-order valence-electron chi connectivity index (χ4n) is 3.40. The van der Waals surface area contributed by atoms with Gasteiger partial charge in [-0.1, -0.05) is 60.7 Å². The number of piperazine rings is 1. The molecule has 28 heavy (non-hydrogen) atoms. The molecule has 0 bridgehead atoms. The van der Waals surface area contributed by atoms with E-state index in [9.17, 15) is 9.59 Å². The molecular weight excluding hydrogens is 348 g/mol. The summed E-state index contributed by atoms with van der Waals surface area (Å²) in [5.74, 6) is -0.0368. The van der Waals surface area contributed by atoms with Crippen molar-refractivity contribution >= 4 is 24.0 Å². The van der Waals surface area contributed by atoms with E-state index < -0.39 is 0 Å². The second-order valence-corrected chi connectivity index (χ2v) is 7.17. The van der Waals surface area contributed by atoms with Crippen LogP contribution in [0.15, 0.2) is 72.8 Å². The Kier molecular flexibility index (Phi) is 6.43. The highest BCUT2D eigenvalue weighted by molar-refractivity contribution is 5.94. The van der Waals surface area contributed by atoms with Gasteiger partial charge in [0.05, 0.1) is 0 Å². The van der Waals surface area contributed by atoms with E-state index in [4.69, 9.17) is 0 Å². The number of carbonyl (C=O) groups excluding carboxylic acids is 2. The molecule has 0 saturated carbocycles. The minimum absolute atomic E-state index is 0.0184. The van der Waals surface area contributed by atoms with E-state index in [2.05, 4.69) is 0 Å². The SMILES string of the molecule is C[C@@H]1CN(C(=O)/C=C\c2ccccc2)[C@H](C)CN1C(=O)/C=C\c1ccccc1. The molecule has 1 fully saturated rings. The number of benzene rings is 2. The summed E-state index contributed by atoms with van der Waals surface area (Å²) >= 11 is 0. The Hall–Kier alpha value is -3.14. The Morgan fingerprint density at radius 2 is 1.07 bits per heavy atom. The summed E-state index contributed by atoms with van der Waals surface area (Å²) in [6.07, 6.45) is 6.90. The summed E-state index contributed by atoms with van der Waals surface area (Å²) in [5.41, 5.74) is 1.99. The summed E-state index contributed by atoms with van der Waals surface area (Å²) in [4.78, 5) is 29.0. The van der Waals surface area contributed by atoms with Gasteiger partial charge in [-0.25, -0.2) is 0 Å². The van der Waals surface area contributed by atoms with Gasteiger partial charge in [-0.15, -0.1) is 0 Å². The fourth-order valence-corrected chi connectivity index (χ4v) is 3.40. The van der Waals surface area contributed by atoms with Crippen LogP contribution in [0, 0.1) is 0 Å². The smallest absolute Gasteiger partial charge is 0.246 e. The van der Waals surface area contributed by atoms with E-state index in [-0.39, 0.29) is 23.9 Å². The molecule has 0 spiro atoms. The predicted octanol–water partition coefficient (Wildman–Crippen LogP) is 3.86. The number of carbonyl (C=O) groups is 2. The number of rotatable bonds is 4. The maximum absolute atomic E-state index is 12.6. The van der Waals surface area contributed by atoms with Crippen molar-refractivity contribution in [1.82, 2.24) is 9.80 Å². The van der Waals surface area contributed by atoms with Crippen LogP contribution in [0.3, 0.4) is 0 Å². The predicted molar refractivity (Wildman–Crippen MR) is 113 cm³/mol. The lowest BCUT2D eigenvalue weighted by Crippen LogP contribution is -2.59. The lowest BCUT2D eigenvalue weighted by molar-refractivity contribution is -0.139. The molecule has 1 aliphatic rings. The van der Waals surface area contributed by atoms with Crippen LogP contribution >= 0.6 is 0 Å². The Labute approximate surface area is 166 Å². The molecule has 0 N–H and O–H groups in total. The van der Waals surface area contributed by atoms with Crippen molar-refractivity contribution in [3.8, 4) is 0 Å². The number of hydrogen-bond acceptors (Lipinski definition) is 2. The highest BCUT2D eigenvalue weighted by Crippen LogP contribution is 2.17. The van der Waals surface area contributed by atoms with Crippen molar-refractivity contribution in [2.75, 3.05) is 13.1 Å². The summed E-state index contributed by atoms with van der Waals surface area (Å²) in [5, 5.41) is 0. The zero-order valence-corrected chi connectivity index (χ0v) is 16.4. The van der Waals surface area contributed by atoms with Gasteiger partial charge in [0.15, 0.2) is 0 Å². The standard InChI is InChI=1S/C24H26N2O2/c1-19-17-26(24(28)16-14-22-11-7-4-8-12-22)20(2)18-25(19)23(27)15-13-21-9-5-3-6-10-21/h3-16,19-20H,17-18H2,1-2H3/b15-13-,16-14-/t19-,20-/m1/s1. The van der Waals surface area contributed by atoms with Gasteiger partial charge in [0, 0.05) is 37.3 Å². The maximum Gasteiger partial charge on any atom is 0.246 e. The normalized spacial score (nSPS) is 20.1. The molecule has 1 saturated heterocycles. The van der Waals surface area contributed by atoms with Crippen LogP contribution in [0.2, 0.25) is 0 Å². The molecule has 2 aromatic rings. The lowest BCUT2D eigenvalue weighted by atomic mass is 10.1. The zero-order valence-electron chi connectivity index (χ0n) is 16.4. The largest absolute Gasteiger partial charge is 0.333 e. The molecule has 144 valence electrons. The number of nitrogens with zero attached hydrogens (tertiary/aromatic N) is 2. The molecule has 2 aromatic carbocycles. The molecule has 4 nitrogen and oxygen atoms in total. The van der Waals surface area contributed by atoms with E-state index in [1.54, 1.807) is 12.2 Å². The van der Waals surface area contributed by atoms with E-state index in [0.29, 0.717) is 13.1 Å². The molecule has 0 radical (unpaired) electrons. The molecule has 1 aliphatic heterocycles. The average Bonchev–Trinajstić information content (AvgIpc) is 2.73. The second kappa shape index (κ2) is 9.18. The Bertz CT molecular complexity index is 785. The summed E-state index contributed by atoms with van der Waals surface area (Å²) in [6, 6.07) is 19.5. The monoisotopic (exact) mass is 374 g/mol. The third-order valence-electron chi connectivity index (χ3n) is 4.99. The first kappa shape index (κ1) is 19.6. The van der Waals surface area contributed by atoms with E-state index in [1.165, 1.54) is 0 Å². The van der Waals surface area contributed by atoms with Gasteiger partial charge in [0.1, 0.15) is 0 Å². The summed E-state index contributed by atoms with van der Waals surface area (Å²) in [6.45, 7) is 5.04. The van der Waals surface area contributed by atoms with Crippen molar-refractivity contribution in [2.24, 2.45) is 0 Å². The maximum atomic E-state index is 12.6. The minimum Gasteiger partial charge on any atom is -0.333 e. The summed E-state index contributed by atoms with van der Waals surface area (Å²) in [7, 11) is 0. The third-order valence-corrected chi connectivity index (χ3v) is 4.99. The molecule has 0 unspecified atom stereocenters. The van der Waals surface area contributed by atoms with Crippen LogP contribution in [-0.4, -0.2) is 46.8 Å². The van der Waals surface area contributed by atoms with Gasteiger partial charge < -0.3 is 9.80 Å². The third kappa shape index (κ3) is 4.97. The molecule has 0 aromatic heterocycles. The van der Waals surface area contributed by atoms with Gasteiger partial charge in [-0.05, 0) is 37.1 Å². The molecule has 4 heteroatoms. The first-order chi connectivity index (χ1) is 13.5. The van der Waals surface area contributed by atoms with Crippen molar-refractivity contribution < 1.29 is 9.59 Å². The molecule has 1 heterocycles. The van der Waals surface area contributed by atoms with Crippen LogP contribution in [-0.2, 0) is 9.59 Å². The molecule has 2 amide bonds. The Morgan fingerprint density at radius 3 is 1.43 bits per heavy atom. The van der Waals surface area contributed by atoms with Gasteiger partial charge in [0.25, 0.3) is 0 Å². The second-order valence-electron chi connectivity index (χ2n) is 7.17. The summed E-state index contributed by atoms with van der Waals surface area (Å²) < 4.78 is 0. The van der Waals surface area contributed by atoms with E-state index in [1.807, 2.05) is 96.5 Å². The first-order valence-electron chi connectivity index (χ1n) is 9.62. The van der Waals surface area contributed by atoms with Crippen LogP contribution in [0.1, 0.15) is 25.0 Å². The van der Waals surface area contributed by atoms with Crippen LogP contribution in [0.4, 0.5) is 0 Å². The minimum atomic E-state index is -0.0294. The van der Waals surface area contributed by atoms with Crippen LogP contribution in [0.25, 0.3) is 12.2 Å². The van der Waals surface area contributed by atoms with Crippen molar-refractivity contribution in [3.05, 3.63) is 83.9 Å². The topological polar surface area (TPSA) is 40.6 Å². The molecule has 0 aliphatic carbocycles. The van der Waals surface area contributed by atoms with Gasteiger partial charge in [-0.2, -0.15) is 0 Å². The Balaban J connectivity index is 1.61. The van der Waals surface area contributed by atoms with Gasteiger partial charge >= 0.3 is 0 Å². The highest BCUT2D eigenvalue weighted by atomic mass is 16.2.